The van der Waals surface area contributed by atoms with E-state index in [1.165, 1.54) is 35.1 Å². The van der Waals surface area contributed by atoms with E-state index < -0.39 is 0 Å². The zero-order chi connectivity index (χ0) is 17.6. The minimum atomic E-state index is 0.359. The second kappa shape index (κ2) is 8.35. The summed E-state index contributed by atoms with van der Waals surface area (Å²) in [6, 6.07) is 18.6. The normalized spacial score (nSPS) is 18.4. The van der Waals surface area contributed by atoms with Gasteiger partial charge in [-0.2, -0.15) is 0 Å². The Labute approximate surface area is 151 Å². The fraction of sp³-hybridized carbons (Fsp3) is 0.391. The van der Waals surface area contributed by atoms with Gasteiger partial charge < -0.3 is 10.0 Å². The van der Waals surface area contributed by atoms with Gasteiger partial charge in [0.05, 0.1) is 0 Å². The van der Waals surface area contributed by atoms with Gasteiger partial charge in [0, 0.05) is 6.54 Å². The minimum absolute atomic E-state index is 0.359. The van der Waals surface area contributed by atoms with Crippen LogP contribution in [-0.4, -0.2) is 30.6 Å². The van der Waals surface area contributed by atoms with Gasteiger partial charge in [-0.25, -0.2) is 0 Å². The lowest BCUT2D eigenvalue weighted by Gasteiger charge is -2.20. The molecule has 0 aromatic heterocycles. The second-order valence-electron chi connectivity index (χ2n) is 7.52. The van der Waals surface area contributed by atoms with Crippen LogP contribution >= 0.6 is 0 Å². The zero-order valence-corrected chi connectivity index (χ0v) is 15.4. The summed E-state index contributed by atoms with van der Waals surface area (Å²) in [6.45, 7) is 1.00. The van der Waals surface area contributed by atoms with Crippen LogP contribution < -0.4 is 0 Å². The summed E-state index contributed by atoms with van der Waals surface area (Å²) < 4.78 is 0. The highest BCUT2D eigenvalue weighted by molar-refractivity contribution is 5.70. The van der Waals surface area contributed by atoms with Crippen LogP contribution in [0.1, 0.15) is 36.8 Å². The Kier molecular flexibility index (Phi) is 5.93. The number of hydrogen-bond acceptors (Lipinski definition) is 2. The summed E-state index contributed by atoms with van der Waals surface area (Å²) in [4.78, 5) is 2.26. The molecule has 0 saturated heterocycles. The third kappa shape index (κ3) is 4.96. The molecule has 0 fully saturated rings. The van der Waals surface area contributed by atoms with Crippen LogP contribution in [0.5, 0.6) is 5.75 Å². The fourth-order valence-corrected chi connectivity index (χ4v) is 3.98. The molecular formula is C23H29NO. The predicted molar refractivity (Wildman–Crippen MR) is 106 cm³/mol. The summed E-state index contributed by atoms with van der Waals surface area (Å²) >= 11 is 0. The number of phenols is 1. The van der Waals surface area contributed by atoms with Crippen molar-refractivity contribution in [2.75, 3.05) is 20.6 Å². The van der Waals surface area contributed by atoms with Crippen molar-refractivity contribution in [3.63, 3.8) is 0 Å². The number of nitrogens with zero attached hydrogens (tertiary/aromatic N) is 1. The van der Waals surface area contributed by atoms with Gasteiger partial charge in [-0.1, -0.05) is 48.0 Å². The molecule has 3 rings (SSSR count). The molecule has 2 heteroatoms. The maximum absolute atomic E-state index is 9.95. The second-order valence-corrected chi connectivity index (χ2v) is 7.52. The van der Waals surface area contributed by atoms with E-state index in [0.717, 1.165) is 25.8 Å². The molecule has 2 aromatic rings. The Morgan fingerprint density at radius 2 is 1.84 bits per heavy atom. The molecule has 1 unspecified atom stereocenters. The van der Waals surface area contributed by atoms with Gasteiger partial charge in [0.25, 0.3) is 0 Å². The van der Waals surface area contributed by atoms with E-state index >= 15 is 0 Å². The number of likely N-dealkylation sites (N-methyl/N-ethyl adjacent to an activating group) is 1. The van der Waals surface area contributed by atoms with Crippen LogP contribution in [0, 0.1) is 5.92 Å². The van der Waals surface area contributed by atoms with Gasteiger partial charge in [-0.05, 0) is 81.0 Å². The topological polar surface area (TPSA) is 23.5 Å². The molecule has 132 valence electrons. The predicted octanol–water partition coefficient (Wildman–Crippen LogP) is 5.14. The Balaban J connectivity index is 1.89. The monoisotopic (exact) mass is 335 g/mol. The van der Waals surface area contributed by atoms with Crippen LogP contribution in [0.25, 0.3) is 5.57 Å². The maximum Gasteiger partial charge on any atom is 0.116 e. The summed E-state index contributed by atoms with van der Waals surface area (Å²) in [6.07, 6.45) is 5.92. The standard InChI is InChI=1S/C23H29NO/c1-24(2)17-21-12-6-10-19(14-18-8-4-3-5-9-18)15-23(21)20-11-7-13-22(25)16-20/h3-5,7-9,11,13,16,19,25H,6,10,12,14-15,17H2,1-2H3. The summed E-state index contributed by atoms with van der Waals surface area (Å²) in [5.74, 6) is 1.03. The molecule has 0 spiro atoms. The van der Waals surface area contributed by atoms with Gasteiger partial charge in [-0.15, -0.1) is 0 Å². The smallest absolute Gasteiger partial charge is 0.116 e. The molecule has 1 aliphatic carbocycles. The highest BCUT2D eigenvalue weighted by Gasteiger charge is 2.21. The molecule has 25 heavy (non-hydrogen) atoms. The van der Waals surface area contributed by atoms with E-state index in [1.54, 1.807) is 6.07 Å². The van der Waals surface area contributed by atoms with E-state index in [4.69, 9.17) is 0 Å². The average Bonchev–Trinajstić information content (AvgIpc) is 2.78. The van der Waals surface area contributed by atoms with Crippen molar-refractivity contribution in [1.82, 2.24) is 4.90 Å². The fourth-order valence-electron chi connectivity index (χ4n) is 3.98. The number of phenolic OH excluding ortho intramolecular Hbond substituents is 1. The maximum atomic E-state index is 9.95. The van der Waals surface area contributed by atoms with E-state index in [9.17, 15) is 5.11 Å². The average molecular weight is 335 g/mol. The molecule has 1 atom stereocenters. The van der Waals surface area contributed by atoms with Crippen molar-refractivity contribution in [2.45, 2.75) is 32.1 Å². The number of benzene rings is 2. The van der Waals surface area contributed by atoms with Crippen LogP contribution in [-0.2, 0) is 6.42 Å². The molecule has 1 N–H and O–H groups in total. The van der Waals surface area contributed by atoms with Crippen molar-refractivity contribution in [1.29, 1.82) is 0 Å². The third-order valence-electron chi connectivity index (χ3n) is 5.08. The highest BCUT2D eigenvalue weighted by atomic mass is 16.3. The van der Waals surface area contributed by atoms with Crippen molar-refractivity contribution < 1.29 is 5.11 Å². The van der Waals surface area contributed by atoms with E-state index in [1.807, 2.05) is 12.1 Å². The molecule has 0 heterocycles. The zero-order valence-electron chi connectivity index (χ0n) is 15.4. The van der Waals surface area contributed by atoms with Crippen molar-refractivity contribution >= 4 is 5.57 Å². The van der Waals surface area contributed by atoms with Crippen molar-refractivity contribution in [3.05, 3.63) is 71.3 Å². The summed E-state index contributed by atoms with van der Waals surface area (Å²) in [5, 5.41) is 9.95. The Morgan fingerprint density at radius 1 is 1.04 bits per heavy atom. The first-order valence-electron chi connectivity index (χ1n) is 9.31. The Bertz CT molecular complexity index is 718. The lowest BCUT2D eigenvalue weighted by molar-refractivity contribution is 0.437. The van der Waals surface area contributed by atoms with Crippen molar-refractivity contribution in [2.24, 2.45) is 5.92 Å². The molecule has 1 aliphatic rings. The number of rotatable bonds is 5. The van der Waals surface area contributed by atoms with E-state index in [0.29, 0.717) is 11.7 Å². The molecule has 0 saturated carbocycles. The lowest BCUT2D eigenvalue weighted by atomic mass is 9.87. The molecule has 0 radical (unpaired) electrons. The molecule has 0 bridgehead atoms. The largest absolute Gasteiger partial charge is 0.508 e. The Morgan fingerprint density at radius 3 is 2.56 bits per heavy atom. The van der Waals surface area contributed by atoms with Crippen LogP contribution in [0.4, 0.5) is 0 Å². The van der Waals surface area contributed by atoms with Gasteiger partial charge in [0.15, 0.2) is 0 Å². The van der Waals surface area contributed by atoms with E-state index in [2.05, 4.69) is 55.4 Å². The van der Waals surface area contributed by atoms with Gasteiger partial charge >= 0.3 is 0 Å². The van der Waals surface area contributed by atoms with Gasteiger partial charge in [0.2, 0.25) is 0 Å². The van der Waals surface area contributed by atoms with Gasteiger partial charge in [-0.3, -0.25) is 0 Å². The highest BCUT2D eigenvalue weighted by Crippen LogP contribution is 2.36. The number of aromatic hydroxyl groups is 1. The summed E-state index contributed by atoms with van der Waals surface area (Å²) in [5.41, 5.74) is 5.60. The van der Waals surface area contributed by atoms with Crippen LogP contribution in [0.3, 0.4) is 0 Å². The quantitative estimate of drug-likeness (QED) is 0.818. The lowest BCUT2D eigenvalue weighted by Crippen LogP contribution is -2.16. The SMILES string of the molecule is CN(C)CC1=C(c2cccc(O)c2)CC(Cc2ccccc2)CCC1. The minimum Gasteiger partial charge on any atom is -0.508 e. The molecule has 0 aliphatic heterocycles. The Hall–Kier alpha value is -2.06. The first kappa shape index (κ1) is 17.8. The number of hydrogen-bond donors (Lipinski definition) is 1. The molecule has 2 aromatic carbocycles. The molecular weight excluding hydrogens is 306 g/mol. The first-order chi connectivity index (χ1) is 12.1. The molecule has 2 nitrogen and oxygen atoms in total. The summed E-state index contributed by atoms with van der Waals surface area (Å²) in [7, 11) is 4.28. The van der Waals surface area contributed by atoms with Crippen molar-refractivity contribution in [3.8, 4) is 5.75 Å². The number of allylic oxidation sites excluding steroid dienone is 1. The van der Waals surface area contributed by atoms with Gasteiger partial charge in [0.1, 0.15) is 5.75 Å². The van der Waals surface area contributed by atoms with Crippen LogP contribution in [0.15, 0.2) is 60.2 Å². The first-order valence-corrected chi connectivity index (χ1v) is 9.31. The third-order valence-corrected chi connectivity index (χ3v) is 5.08. The van der Waals surface area contributed by atoms with Crippen LogP contribution in [0.2, 0.25) is 0 Å². The molecule has 0 amide bonds. The van der Waals surface area contributed by atoms with E-state index in [-0.39, 0.29) is 0 Å².